The average Bonchev–Trinajstić information content (AvgIpc) is 2.74. The maximum atomic E-state index is 12.4. The minimum atomic E-state index is 0.317. The maximum absolute atomic E-state index is 12.4. The van der Waals surface area contributed by atoms with Gasteiger partial charge in [-0.15, -0.1) is 0 Å². The lowest BCUT2D eigenvalue weighted by molar-refractivity contribution is -0.139. The number of guanidine groups is 1. The van der Waals surface area contributed by atoms with E-state index in [4.69, 9.17) is 0 Å². The summed E-state index contributed by atoms with van der Waals surface area (Å²) in [4.78, 5) is 23.6. The summed E-state index contributed by atoms with van der Waals surface area (Å²) < 4.78 is 0. The SMILES string of the molecule is CCN(CCNC(=NC)NCCN1CCN(C(=O)C2CCC2)CC1)c1cccc(C)c1. The quantitative estimate of drug-likeness (QED) is 0.465. The van der Waals surface area contributed by atoms with Crippen LogP contribution in [-0.4, -0.2) is 87.6 Å². The third kappa shape index (κ3) is 6.86. The Morgan fingerprint density at radius 2 is 1.90 bits per heavy atom. The summed E-state index contributed by atoms with van der Waals surface area (Å²) in [5, 5.41) is 6.86. The van der Waals surface area contributed by atoms with E-state index in [-0.39, 0.29) is 0 Å². The number of anilines is 1. The monoisotopic (exact) mass is 428 g/mol. The zero-order chi connectivity index (χ0) is 22.1. The van der Waals surface area contributed by atoms with Crippen molar-refractivity contribution in [3.05, 3.63) is 29.8 Å². The van der Waals surface area contributed by atoms with Crippen molar-refractivity contribution in [3.8, 4) is 0 Å². The first kappa shape index (κ1) is 23.4. The molecule has 1 aromatic rings. The molecule has 2 N–H and O–H groups in total. The summed E-state index contributed by atoms with van der Waals surface area (Å²) in [6, 6.07) is 8.65. The van der Waals surface area contributed by atoms with E-state index in [9.17, 15) is 4.79 Å². The molecule has 172 valence electrons. The molecule has 31 heavy (non-hydrogen) atoms. The fourth-order valence-corrected chi connectivity index (χ4v) is 4.26. The van der Waals surface area contributed by atoms with Crippen LogP contribution in [0, 0.1) is 12.8 Å². The van der Waals surface area contributed by atoms with Gasteiger partial charge in [0.25, 0.3) is 0 Å². The molecule has 7 heteroatoms. The number of rotatable bonds is 9. The van der Waals surface area contributed by atoms with Gasteiger partial charge in [0.1, 0.15) is 0 Å². The molecule has 1 aliphatic carbocycles. The first-order valence-corrected chi connectivity index (χ1v) is 11.9. The van der Waals surface area contributed by atoms with Gasteiger partial charge in [-0.3, -0.25) is 14.7 Å². The third-order valence-electron chi connectivity index (χ3n) is 6.51. The summed E-state index contributed by atoms with van der Waals surface area (Å²) in [5.74, 6) is 1.55. The van der Waals surface area contributed by atoms with Crippen molar-refractivity contribution in [1.29, 1.82) is 0 Å². The number of amides is 1. The van der Waals surface area contributed by atoms with Crippen LogP contribution in [0.1, 0.15) is 31.7 Å². The average molecular weight is 429 g/mol. The van der Waals surface area contributed by atoms with Gasteiger partial charge in [0.05, 0.1) is 0 Å². The third-order valence-corrected chi connectivity index (χ3v) is 6.51. The molecule has 2 fully saturated rings. The van der Waals surface area contributed by atoms with Crippen LogP contribution in [0.3, 0.4) is 0 Å². The summed E-state index contributed by atoms with van der Waals surface area (Å²) in [6.07, 6.45) is 3.41. The number of hydrogen-bond donors (Lipinski definition) is 2. The molecule has 1 amide bonds. The second kappa shape index (κ2) is 11.9. The van der Waals surface area contributed by atoms with Crippen LogP contribution in [0.4, 0.5) is 5.69 Å². The van der Waals surface area contributed by atoms with Crippen molar-refractivity contribution in [2.75, 3.05) is 70.9 Å². The highest BCUT2D eigenvalue weighted by Crippen LogP contribution is 2.28. The molecular formula is C24H40N6O. The van der Waals surface area contributed by atoms with Gasteiger partial charge in [0.2, 0.25) is 5.91 Å². The van der Waals surface area contributed by atoms with Gasteiger partial charge in [-0.1, -0.05) is 18.6 Å². The Bertz CT molecular complexity index is 725. The van der Waals surface area contributed by atoms with Gasteiger partial charge in [-0.2, -0.15) is 0 Å². The standard InChI is InChI=1S/C24H40N6O/c1-4-29(22-10-5-7-20(2)19-22)14-12-27-24(25-3)26-11-13-28-15-17-30(18-16-28)23(31)21-8-6-9-21/h5,7,10,19,21H,4,6,8-9,11-18H2,1-3H3,(H2,25,26,27). The molecule has 1 saturated heterocycles. The van der Waals surface area contributed by atoms with Crippen molar-refractivity contribution in [1.82, 2.24) is 20.4 Å². The van der Waals surface area contributed by atoms with Crippen LogP contribution in [0.2, 0.25) is 0 Å². The van der Waals surface area contributed by atoms with Gasteiger partial charge in [0, 0.05) is 77.6 Å². The fraction of sp³-hybridized carbons (Fsp3) is 0.667. The summed E-state index contributed by atoms with van der Waals surface area (Å²) in [6.45, 7) is 12.6. The Hall–Kier alpha value is -2.28. The van der Waals surface area contributed by atoms with Gasteiger partial charge in [-0.25, -0.2) is 0 Å². The Morgan fingerprint density at radius 3 is 2.52 bits per heavy atom. The number of carbonyl (C=O) groups excluding carboxylic acids is 1. The lowest BCUT2D eigenvalue weighted by Crippen LogP contribution is -2.52. The number of nitrogens with one attached hydrogen (secondary N) is 2. The molecule has 0 unspecified atom stereocenters. The topological polar surface area (TPSA) is 63.2 Å². The molecule has 0 spiro atoms. The van der Waals surface area contributed by atoms with Crippen LogP contribution in [0.25, 0.3) is 0 Å². The van der Waals surface area contributed by atoms with E-state index in [1.54, 1.807) is 0 Å². The van der Waals surface area contributed by atoms with Crippen LogP contribution < -0.4 is 15.5 Å². The molecule has 1 heterocycles. The predicted octanol–water partition coefficient (Wildman–Crippen LogP) is 1.93. The van der Waals surface area contributed by atoms with Crippen molar-refractivity contribution < 1.29 is 4.79 Å². The molecular weight excluding hydrogens is 388 g/mol. The number of benzene rings is 1. The van der Waals surface area contributed by atoms with E-state index >= 15 is 0 Å². The molecule has 1 aromatic carbocycles. The molecule has 3 rings (SSSR count). The van der Waals surface area contributed by atoms with Gasteiger partial charge < -0.3 is 20.4 Å². The van der Waals surface area contributed by atoms with Crippen molar-refractivity contribution in [2.24, 2.45) is 10.9 Å². The number of hydrogen-bond acceptors (Lipinski definition) is 4. The largest absolute Gasteiger partial charge is 0.370 e. The Morgan fingerprint density at radius 1 is 1.16 bits per heavy atom. The van der Waals surface area contributed by atoms with E-state index in [2.05, 4.69) is 68.4 Å². The van der Waals surface area contributed by atoms with Crippen LogP contribution in [0.15, 0.2) is 29.3 Å². The molecule has 2 aliphatic rings. The second-order valence-corrected chi connectivity index (χ2v) is 8.64. The summed E-state index contributed by atoms with van der Waals surface area (Å²) in [5.41, 5.74) is 2.55. The Kier molecular flexibility index (Phi) is 9.00. The van der Waals surface area contributed by atoms with Crippen molar-refractivity contribution in [3.63, 3.8) is 0 Å². The first-order chi connectivity index (χ1) is 15.1. The lowest BCUT2D eigenvalue weighted by Gasteiger charge is -2.38. The highest BCUT2D eigenvalue weighted by molar-refractivity contribution is 5.80. The van der Waals surface area contributed by atoms with E-state index in [1.807, 2.05) is 7.05 Å². The van der Waals surface area contributed by atoms with Crippen molar-refractivity contribution >= 4 is 17.6 Å². The van der Waals surface area contributed by atoms with E-state index in [0.29, 0.717) is 11.8 Å². The predicted molar refractivity (Wildman–Crippen MR) is 129 cm³/mol. The van der Waals surface area contributed by atoms with E-state index in [0.717, 1.165) is 77.7 Å². The number of aliphatic imine (C=N–C) groups is 1. The minimum Gasteiger partial charge on any atom is -0.370 e. The van der Waals surface area contributed by atoms with Crippen LogP contribution in [0.5, 0.6) is 0 Å². The van der Waals surface area contributed by atoms with Crippen LogP contribution >= 0.6 is 0 Å². The Balaban J connectivity index is 1.31. The molecule has 0 bridgehead atoms. The van der Waals surface area contributed by atoms with Gasteiger partial charge >= 0.3 is 0 Å². The Labute approximate surface area is 187 Å². The number of aryl methyl sites for hydroxylation is 1. The molecule has 0 atom stereocenters. The lowest BCUT2D eigenvalue weighted by atomic mass is 9.84. The highest BCUT2D eigenvalue weighted by atomic mass is 16.2. The zero-order valence-electron chi connectivity index (χ0n) is 19.6. The number of nitrogens with zero attached hydrogens (tertiary/aromatic N) is 4. The molecule has 0 radical (unpaired) electrons. The second-order valence-electron chi connectivity index (χ2n) is 8.64. The fourth-order valence-electron chi connectivity index (χ4n) is 4.26. The molecule has 1 saturated carbocycles. The summed E-state index contributed by atoms with van der Waals surface area (Å²) >= 11 is 0. The smallest absolute Gasteiger partial charge is 0.225 e. The number of piperazine rings is 1. The minimum absolute atomic E-state index is 0.317. The van der Waals surface area contributed by atoms with Crippen molar-refractivity contribution in [2.45, 2.75) is 33.1 Å². The van der Waals surface area contributed by atoms with E-state index < -0.39 is 0 Å². The summed E-state index contributed by atoms with van der Waals surface area (Å²) in [7, 11) is 1.82. The normalized spacial score (nSPS) is 17.9. The van der Waals surface area contributed by atoms with Crippen LogP contribution in [-0.2, 0) is 4.79 Å². The van der Waals surface area contributed by atoms with Gasteiger partial charge in [0.15, 0.2) is 5.96 Å². The number of carbonyl (C=O) groups is 1. The zero-order valence-corrected chi connectivity index (χ0v) is 19.6. The van der Waals surface area contributed by atoms with E-state index in [1.165, 1.54) is 17.7 Å². The van der Waals surface area contributed by atoms with Gasteiger partial charge in [-0.05, 0) is 44.4 Å². The highest BCUT2D eigenvalue weighted by Gasteiger charge is 2.30. The first-order valence-electron chi connectivity index (χ1n) is 11.9. The molecule has 0 aromatic heterocycles. The molecule has 1 aliphatic heterocycles. The maximum Gasteiger partial charge on any atom is 0.225 e. The number of likely N-dealkylation sites (N-methyl/N-ethyl adjacent to an activating group) is 1. The molecule has 7 nitrogen and oxygen atoms in total.